The zero-order chi connectivity index (χ0) is 23.8. The van der Waals surface area contributed by atoms with Crippen molar-refractivity contribution in [3.05, 3.63) is 64.7 Å². The van der Waals surface area contributed by atoms with Crippen LogP contribution in [0.5, 0.6) is 0 Å². The van der Waals surface area contributed by atoms with E-state index < -0.39 is 10.0 Å². The quantitative estimate of drug-likeness (QED) is 0.522. The van der Waals surface area contributed by atoms with Gasteiger partial charge in [-0.05, 0) is 42.7 Å². The SMILES string of the molecule is COCCNC(=O)c1ccccc1NC(=O)C1CCN(S(=O)(=O)Cc2cccc(Cl)c2)CC1. The number of hydrogen-bond donors (Lipinski definition) is 2. The normalized spacial score (nSPS) is 15.2. The highest BCUT2D eigenvalue weighted by molar-refractivity contribution is 7.88. The van der Waals surface area contributed by atoms with Crippen molar-refractivity contribution in [1.82, 2.24) is 9.62 Å². The minimum Gasteiger partial charge on any atom is -0.383 e. The van der Waals surface area contributed by atoms with E-state index in [4.69, 9.17) is 16.3 Å². The number of amides is 2. The van der Waals surface area contributed by atoms with Crippen molar-refractivity contribution < 1.29 is 22.7 Å². The molecule has 3 rings (SSSR count). The van der Waals surface area contributed by atoms with Gasteiger partial charge in [0.05, 0.1) is 23.6 Å². The molecule has 33 heavy (non-hydrogen) atoms. The highest BCUT2D eigenvalue weighted by atomic mass is 35.5. The van der Waals surface area contributed by atoms with Crippen molar-refractivity contribution in [3.63, 3.8) is 0 Å². The maximum absolute atomic E-state index is 12.8. The molecule has 2 aromatic rings. The fourth-order valence-electron chi connectivity index (χ4n) is 3.71. The number of para-hydroxylation sites is 1. The van der Waals surface area contributed by atoms with Crippen LogP contribution in [0.25, 0.3) is 0 Å². The molecule has 0 atom stereocenters. The summed E-state index contributed by atoms with van der Waals surface area (Å²) in [5.41, 5.74) is 1.42. The smallest absolute Gasteiger partial charge is 0.253 e. The van der Waals surface area contributed by atoms with Gasteiger partial charge in [-0.15, -0.1) is 0 Å². The number of sulfonamides is 1. The van der Waals surface area contributed by atoms with Gasteiger partial charge in [0.2, 0.25) is 15.9 Å². The van der Waals surface area contributed by atoms with Gasteiger partial charge in [0, 0.05) is 37.7 Å². The van der Waals surface area contributed by atoms with Gasteiger partial charge in [-0.3, -0.25) is 9.59 Å². The Kier molecular flexibility index (Phi) is 8.85. The predicted molar refractivity (Wildman–Crippen MR) is 128 cm³/mol. The number of carbonyl (C=O) groups excluding carboxylic acids is 2. The van der Waals surface area contributed by atoms with E-state index in [0.717, 1.165) is 0 Å². The van der Waals surface area contributed by atoms with Crippen molar-refractivity contribution in [2.45, 2.75) is 18.6 Å². The van der Waals surface area contributed by atoms with Crippen molar-refractivity contribution in [2.75, 3.05) is 38.7 Å². The van der Waals surface area contributed by atoms with Gasteiger partial charge in [0.15, 0.2) is 0 Å². The van der Waals surface area contributed by atoms with E-state index >= 15 is 0 Å². The van der Waals surface area contributed by atoms with Crippen LogP contribution in [0.4, 0.5) is 5.69 Å². The molecule has 0 aliphatic carbocycles. The second kappa shape index (κ2) is 11.6. The first kappa shape index (κ1) is 25.2. The lowest BCUT2D eigenvalue weighted by molar-refractivity contribution is -0.120. The van der Waals surface area contributed by atoms with Gasteiger partial charge in [-0.1, -0.05) is 35.9 Å². The van der Waals surface area contributed by atoms with Crippen LogP contribution in [-0.4, -0.2) is 57.9 Å². The maximum atomic E-state index is 12.8. The molecule has 2 amide bonds. The number of anilines is 1. The number of benzene rings is 2. The zero-order valence-electron chi connectivity index (χ0n) is 18.4. The third-order valence-electron chi connectivity index (χ3n) is 5.48. The minimum atomic E-state index is -3.51. The Hall–Kier alpha value is -2.46. The lowest BCUT2D eigenvalue weighted by Gasteiger charge is -2.30. The molecule has 0 saturated carbocycles. The molecule has 0 unspecified atom stereocenters. The highest BCUT2D eigenvalue weighted by Gasteiger charge is 2.31. The molecular formula is C23H28ClN3O5S. The number of nitrogens with one attached hydrogen (secondary N) is 2. The first-order valence-electron chi connectivity index (χ1n) is 10.7. The molecule has 1 aliphatic heterocycles. The van der Waals surface area contributed by atoms with Crippen molar-refractivity contribution >= 4 is 39.1 Å². The molecule has 2 aromatic carbocycles. The Morgan fingerprint density at radius 1 is 1.12 bits per heavy atom. The number of piperidine rings is 1. The highest BCUT2D eigenvalue weighted by Crippen LogP contribution is 2.24. The number of hydrogen-bond acceptors (Lipinski definition) is 5. The molecule has 10 heteroatoms. The average molecular weight is 494 g/mol. The maximum Gasteiger partial charge on any atom is 0.253 e. The summed E-state index contributed by atoms with van der Waals surface area (Å²) in [5, 5.41) is 6.07. The van der Waals surface area contributed by atoms with Crippen molar-refractivity contribution in [3.8, 4) is 0 Å². The molecule has 0 bridgehead atoms. The third-order valence-corrected chi connectivity index (χ3v) is 7.56. The van der Waals surface area contributed by atoms with E-state index in [1.54, 1.807) is 55.6 Å². The summed E-state index contributed by atoms with van der Waals surface area (Å²) in [6, 6.07) is 13.6. The molecule has 8 nitrogen and oxygen atoms in total. The summed E-state index contributed by atoms with van der Waals surface area (Å²) < 4.78 is 31.9. The molecule has 1 aliphatic rings. The average Bonchev–Trinajstić information content (AvgIpc) is 2.79. The van der Waals surface area contributed by atoms with Gasteiger partial charge in [-0.2, -0.15) is 0 Å². The Bertz CT molecular complexity index is 1090. The summed E-state index contributed by atoms with van der Waals surface area (Å²) in [4.78, 5) is 25.3. The number of rotatable bonds is 9. The van der Waals surface area contributed by atoms with E-state index in [0.29, 0.717) is 47.8 Å². The van der Waals surface area contributed by atoms with E-state index in [1.807, 2.05) is 0 Å². The zero-order valence-corrected chi connectivity index (χ0v) is 20.0. The van der Waals surface area contributed by atoms with Crippen LogP contribution in [0.3, 0.4) is 0 Å². The molecule has 0 spiro atoms. The van der Waals surface area contributed by atoms with Gasteiger partial charge in [-0.25, -0.2) is 12.7 Å². The number of halogens is 1. The first-order chi connectivity index (χ1) is 15.8. The number of carbonyl (C=O) groups is 2. The second-order valence-corrected chi connectivity index (χ2v) is 10.2. The van der Waals surface area contributed by atoms with Crippen LogP contribution in [0.1, 0.15) is 28.8 Å². The second-order valence-electron chi connectivity index (χ2n) is 7.84. The number of methoxy groups -OCH3 is 1. The van der Waals surface area contributed by atoms with Crippen LogP contribution in [-0.2, 0) is 25.3 Å². The summed E-state index contributed by atoms with van der Waals surface area (Å²) in [6.45, 7) is 1.28. The van der Waals surface area contributed by atoms with E-state index in [1.165, 1.54) is 4.31 Å². The number of nitrogens with zero attached hydrogens (tertiary/aromatic N) is 1. The molecule has 0 radical (unpaired) electrons. The first-order valence-corrected chi connectivity index (χ1v) is 12.7. The Labute approximate surface area is 199 Å². The summed E-state index contributed by atoms with van der Waals surface area (Å²) in [5.74, 6) is -0.994. The minimum absolute atomic E-state index is 0.129. The van der Waals surface area contributed by atoms with Gasteiger partial charge >= 0.3 is 0 Å². The fourth-order valence-corrected chi connectivity index (χ4v) is 5.47. The van der Waals surface area contributed by atoms with E-state index in [-0.39, 0.29) is 36.6 Å². The van der Waals surface area contributed by atoms with Gasteiger partial charge in [0.25, 0.3) is 5.91 Å². The molecule has 0 aromatic heterocycles. The van der Waals surface area contributed by atoms with Crippen molar-refractivity contribution in [2.24, 2.45) is 5.92 Å². The standard InChI is InChI=1S/C23H28ClN3O5S/c1-32-14-11-25-23(29)20-7-2-3-8-21(20)26-22(28)18-9-12-27(13-10-18)33(30,31)16-17-5-4-6-19(24)15-17/h2-8,15,18H,9-14,16H2,1H3,(H,25,29)(H,26,28). The van der Waals surface area contributed by atoms with E-state index in [9.17, 15) is 18.0 Å². The van der Waals surface area contributed by atoms with Gasteiger partial charge in [0.1, 0.15) is 0 Å². The number of ether oxygens (including phenoxy) is 1. The molecule has 178 valence electrons. The summed E-state index contributed by atoms with van der Waals surface area (Å²) in [7, 11) is -1.96. The Morgan fingerprint density at radius 2 is 1.85 bits per heavy atom. The molecule has 1 fully saturated rings. The lowest BCUT2D eigenvalue weighted by atomic mass is 9.97. The topological polar surface area (TPSA) is 105 Å². The van der Waals surface area contributed by atoms with Crippen LogP contribution >= 0.6 is 11.6 Å². The molecule has 1 saturated heterocycles. The summed E-state index contributed by atoms with van der Waals surface area (Å²) >= 11 is 5.96. The fraction of sp³-hybridized carbons (Fsp3) is 0.391. The molecular weight excluding hydrogens is 466 g/mol. The Balaban J connectivity index is 1.57. The Morgan fingerprint density at radius 3 is 2.55 bits per heavy atom. The van der Waals surface area contributed by atoms with E-state index in [2.05, 4.69) is 10.6 Å². The van der Waals surface area contributed by atoms with Crippen molar-refractivity contribution in [1.29, 1.82) is 0 Å². The third kappa shape index (κ3) is 7.01. The lowest BCUT2D eigenvalue weighted by Crippen LogP contribution is -2.42. The molecule has 2 N–H and O–H groups in total. The van der Waals surface area contributed by atoms with Gasteiger partial charge < -0.3 is 15.4 Å². The van der Waals surface area contributed by atoms with Crippen LogP contribution in [0, 0.1) is 5.92 Å². The van der Waals surface area contributed by atoms with Crippen LogP contribution in [0.15, 0.2) is 48.5 Å². The molecule has 1 heterocycles. The predicted octanol–water partition coefficient (Wildman–Crippen LogP) is 2.90. The van der Waals surface area contributed by atoms with Crippen LogP contribution in [0.2, 0.25) is 5.02 Å². The monoisotopic (exact) mass is 493 g/mol. The largest absolute Gasteiger partial charge is 0.383 e. The van der Waals surface area contributed by atoms with Crippen LogP contribution < -0.4 is 10.6 Å². The summed E-state index contributed by atoms with van der Waals surface area (Å²) in [6.07, 6.45) is 0.811.